The Morgan fingerprint density at radius 2 is 2.00 bits per heavy atom. The van der Waals surface area contributed by atoms with Crippen LogP contribution in [0.15, 0.2) is 0 Å². The van der Waals surface area contributed by atoms with Gasteiger partial charge < -0.3 is 19.7 Å². The van der Waals surface area contributed by atoms with Crippen molar-refractivity contribution in [1.82, 2.24) is 9.88 Å². The standard InChI is InChI=1S/C12H18N2O3/c1-7-9(11(15)17-4)10(8(2)14(7)3)12(16)5-13-6-12/h13,16H,5-6H2,1-4H3. The minimum Gasteiger partial charge on any atom is -0.465 e. The van der Waals surface area contributed by atoms with Gasteiger partial charge >= 0.3 is 5.97 Å². The maximum absolute atomic E-state index is 11.8. The lowest BCUT2D eigenvalue weighted by Crippen LogP contribution is -2.57. The number of carbonyl (C=O) groups excluding carboxylic acids is 1. The Morgan fingerprint density at radius 3 is 2.41 bits per heavy atom. The minimum absolute atomic E-state index is 0.387. The van der Waals surface area contributed by atoms with E-state index >= 15 is 0 Å². The molecular weight excluding hydrogens is 220 g/mol. The van der Waals surface area contributed by atoms with E-state index in [-0.39, 0.29) is 5.97 Å². The summed E-state index contributed by atoms with van der Waals surface area (Å²) in [7, 11) is 3.24. The number of hydrogen-bond acceptors (Lipinski definition) is 4. The van der Waals surface area contributed by atoms with E-state index in [4.69, 9.17) is 4.74 Å². The van der Waals surface area contributed by atoms with Gasteiger partial charge in [0.25, 0.3) is 0 Å². The van der Waals surface area contributed by atoms with Crippen LogP contribution in [0.25, 0.3) is 0 Å². The van der Waals surface area contributed by atoms with Crippen molar-refractivity contribution < 1.29 is 14.6 Å². The highest BCUT2D eigenvalue weighted by molar-refractivity contribution is 5.93. The van der Waals surface area contributed by atoms with Crippen LogP contribution in [0, 0.1) is 13.8 Å². The number of methoxy groups -OCH3 is 1. The number of aromatic nitrogens is 1. The molecular formula is C12H18N2O3. The van der Waals surface area contributed by atoms with E-state index in [1.807, 2.05) is 25.5 Å². The van der Waals surface area contributed by atoms with E-state index < -0.39 is 5.60 Å². The lowest BCUT2D eigenvalue weighted by Gasteiger charge is -2.38. The van der Waals surface area contributed by atoms with Crippen molar-refractivity contribution in [1.29, 1.82) is 0 Å². The molecule has 0 saturated carbocycles. The molecule has 0 aromatic carbocycles. The molecule has 5 nitrogen and oxygen atoms in total. The van der Waals surface area contributed by atoms with Gasteiger partial charge in [0.2, 0.25) is 0 Å². The summed E-state index contributed by atoms with van der Waals surface area (Å²) in [5.74, 6) is -0.387. The molecule has 1 aromatic rings. The zero-order chi connectivity index (χ0) is 12.8. The molecule has 1 fully saturated rings. The van der Waals surface area contributed by atoms with Crippen molar-refractivity contribution >= 4 is 5.97 Å². The van der Waals surface area contributed by atoms with Crippen molar-refractivity contribution in [2.45, 2.75) is 19.4 Å². The number of ether oxygens (including phenoxy) is 1. The number of esters is 1. The van der Waals surface area contributed by atoms with E-state index in [1.54, 1.807) is 0 Å². The summed E-state index contributed by atoms with van der Waals surface area (Å²) >= 11 is 0. The second kappa shape index (κ2) is 3.85. The zero-order valence-electron chi connectivity index (χ0n) is 10.6. The first-order chi connectivity index (χ1) is 7.92. The number of nitrogens with zero attached hydrogens (tertiary/aromatic N) is 1. The molecule has 2 N–H and O–H groups in total. The molecule has 0 atom stereocenters. The van der Waals surface area contributed by atoms with Crippen LogP contribution in [0.3, 0.4) is 0 Å². The van der Waals surface area contributed by atoms with Gasteiger partial charge in [0.1, 0.15) is 5.60 Å². The van der Waals surface area contributed by atoms with Gasteiger partial charge in [-0.15, -0.1) is 0 Å². The van der Waals surface area contributed by atoms with Gasteiger partial charge in [0.05, 0.1) is 12.7 Å². The van der Waals surface area contributed by atoms with Crippen LogP contribution in [0.2, 0.25) is 0 Å². The van der Waals surface area contributed by atoms with Crippen molar-refractivity contribution in [2.75, 3.05) is 20.2 Å². The van der Waals surface area contributed by atoms with E-state index in [0.29, 0.717) is 24.2 Å². The molecule has 0 radical (unpaired) electrons. The molecule has 2 rings (SSSR count). The van der Waals surface area contributed by atoms with Crippen molar-refractivity contribution in [3.8, 4) is 0 Å². The largest absolute Gasteiger partial charge is 0.465 e. The van der Waals surface area contributed by atoms with Gasteiger partial charge in [0.15, 0.2) is 0 Å². The Morgan fingerprint density at radius 1 is 1.41 bits per heavy atom. The summed E-state index contributed by atoms with van der Waals surface area (Å²) in [6, 6.07) is 0. The van der Waals surface area contributed by atoms with Gasteiger partial charge in [-0.05, 0) is 13.8 Å². The number of nitrogens with one attached hydrogen (secondary N) is 1. The lowest BCUT2D eigenvalue weighted by molar-refractivity contribution is -0.0164. The highest BCUT2D eigenvalue weighted by atomic mass is 16.5. The molecule has 1 aliphatic rings. The maximum Gasteiger partial charge on any atom is 0.340 e. The van der Waals surface area contributed by atoms with Crippen LogP contribution in [-0.2, 0) is 17.4 Å². The Bertz CT molecular complexity index is 473. The number of β-amino-alcohol motifs (C(OH)–C–C–N with tert-alkyl or cyclic N) is 1. The van der Waals surface area contributed by atoms with Crippen LogP contribution < -0.4 is 5.32 Å². The van der Waals surface area contributed by atoms with Crippen LogP contribution in [0.5, 0.6) is 0 Å². The first-order valence-corrected chi connectivity index (χ1v) is 5.60. The smallest absolute Gasteiger partial charge is 0.340 e. The molecule has 0 unspecified atom stereocenters. The summed E-state index contributed by atoms with van der Waals surface area (Å²) in [6.45, 7) is 4.71. The van der Waals surface area contributed by atoms with Crippen LogP contribution in [-0.4, -0.2) is 35.8 Å². The normalized spacial score (nSPS) is 17.7. The molecule has 1 saturated heterocycles. The summed E-state index contributed by atoms with van der Waals surface area (Å²) in [5.41, 5.74) is 1.98. The Labute approximate surface area is 100 Å². The number of aliphatic hydroxyl groups is 1. The second-order valence-corrected chi connectivity index (χ2v) is 4.61. The topological polar surface area (TPSA) is 63.5 Å². The monoisotopic (exact) mass is 238 g/mol. The van der Waals surface area contributed by atoms with E-state index in [1.165, 1.54) is 7.11 Å². The highest BCUT2D eigenvalue weighted by Crippen LogP contribution is 2.34. The van der Waals surface area contributed by atoms with Crippen molar-refractivity contribution in [3.05, 3.63) is 22.5 Å². The van der Waals surface area contributed by atoms with Crippen molar-refractivity contribution in [2.24, 2.45) is 7.05 Å². The fourth-order valence-electron chi connectivity index (χ4n) is 2.41. The third kappa shape index (κ3) is 1.57. The SMILES string of the molecule is COC(=O)c1c(C2(O)CNC2)c(C)n(C)c1C. The first kappa shape index (κ1) is 12.1. The fraction of sp³-hybridized carbons (Fsp3) is 0.583. The quantitative estimate of drug-likeness (QED) is 0.723. The van der Waals surface area contributed by atoms with E-state index in [0.717, 1.165) is 11.4 Å². The molecule has 0 amide bonds. The molecule has 0 spiro atoms. The molecule has 2 heterocycles. The van der Waals surface area contributed by atoms with Gasteiger partial charge in [-0.1, -0.05) is 0 Å². The summed E-state index contributed by atoms with van der Waals surface area (Å²) in [4.78, 5) is 11.8. The van der Waals surface area contributed by atoms with Gasteiger partial charge in [-0.3, -0.25) is 0 Å². The predicted molar refractivity (Wildman–Crippen MR) is 63.0 cm³/mol. The lowest BCUT2D eigenvalue weighted by atomic mass is 9.85. The maximum atomic E-state index is 11.8. The first-order valence-electron chi connectivity index (χ1n) is 5.60. The summed E-state index contributed by atoms with van der Waals surface area (Å²) in [6.07, 6.45) is 0. The minimum atomic E-state index is -0.945. The molecule has 5 heteroatoms. The average Bonchev–Trinajstić information content (AvgIpc) is 2.50. The average molecular weight is 238 g/mol. The van der Waals surface area contributed by atoms with Crippen LogP contribution in [0.1, 0.15) is 27.3 Å². The molecule has 0 bridgehead atoms. The summed E-state index contributed by atoms with van der Waals surface area (Å²) < 4.78 is 6.72. The van der Waals surface area contributed by atoms with Gasteiger partial charge in [-0.25, -0.2) is 4.79 Å². The van der Waals surface area contributed by atoms with Gasteiger partial charge in [0, 0.05) is 37.1 Å². The van der Waals surface area contributed by atoms with Crippen LogP contribution in [0.4, 0.5) is 0 Å². The van der Waals surface area contributed by atoms with Crippen LogP contribution >= 0.6 is 0 Å². The third-order valence-corrected chi connectivity index (χ3v) is 3.67. The zero-order valence-corrected chi connectivity index (χ0v) is 10.6. The number of rotatable bonds is 2. The Kier molecular flexibility index (Phi) is 2.75. The highest BCUT2D eigenvalue weighted by Gasteiger charge is 2.42. The molecule has 1 aromatic heterocycles. The molecule has 17 heavy (non-hydrogen) atoms. The van der Waals surface area contributed by atoms with Gasteiger partial charge in [-0.2, -0.15) is 0 Å². The predicted octanol–water partition coefficient (Wildman–Crippen LogP) is 0.219. The van der Waals surface area contributed by atoms with E-state index in [2.05, 4.69) is 5.32 Å². The van der Waals surface area contributed by atoms with E-state index in [9.17, 15) is 9.90 Å². The number of carbonyl (C=O) groups is 1. The Balaban J connectivity index is 2.64. The second-order valence-electron chi connectivity index (χ2n) is 4.61. The fourth-order valence-corrected chi connectivity index (χ4v) is 2.41. The third-order valence-electron chi connectivity index (χ3n) is 3.67. The molecule has 94 valence electrons. The number of hydrogen-bond donors (Lipinski definition) is 2. The Hall–Kier alpha value is -1.33. The summed E-state index contributed by atoms with van der Waals surface area (Å²) in [5, 5.41) is 13.5. The molecule has 1 aliphatic heterocycles. The molecule has 0 aliphatic carbocycles. The van der Waals surface area contributed by atoms with Crippen molar-refractivity contribution in [3.63, 3.8) is 0 Å².